The fourth-order valence-corrected chi connectivity index (χ4v) is 8.46. The van der Waals surface area contributed by atoms with E-state index >= 15 is 4.79 Å². The highest BCUT2D eigenvalue weighted by Gasteiger charge is 2.55. The van der Waals surface area contributed by atoms with E-state index in [0.717, 1.165) is 61.1 Å². The Morgan fingerprint density at radius 1 is 1.02 bits per heavy atom. The fourth-order valence-electron chi connectivity index (χ4n) is 8.04. The van der Waals surface area contributed by atoms with Gasteiger partial charge in [0.05, 0.1) is 21.5 Å². The van der Waals surface area contributed by atoms with Crippen molar-refractivity contribution in [3.63, 3.8) is 0 Å². The van der Waals surface area contributed by atoms with Crippen LogP contribution in [0, 0.1) is 17.6 Å². The predicted molar refractivity (Wildman–Crippen MR) is 206 cm³/mol. The van der Waals surface area contributed by atoms with Crippen molar-refractivity contribution in [1.29, 1.82) is 0 Å². The second-order valence-electron chi connectivity index (χ2n) is 15.9. The molecular formula is C42H46Cl2F2N4O6. The van der Waals surface area contributed by atoms with Crippen LogP contribution in [0.2, 0.25) is 10.0 Å². The average molecular weight is 812 g/mol. The van der Waals surface area contributed by atoms with E-state index < -0.39 is 23.2 Å². The Hall–Kier alpha value is -4.26. The third-order valence-corrected chi connectivity index (χ3v) is 11.5. The number of aryl methyl sites for hydroxylation is 1. The zero-order valence-corrected chi connectivity index (χ0v) is 33.4. The molecule has 4 unspecified atom stereocenters. The molecular weight excluding hydrogens is 765 g/mol. The molecule has 0 N–H and O–H groups in total. The minimum absolute atomic E-state index is 0.00140. The molecule has 3 aliphatic rings. The van der Waals surface area contributed by atoms with Gasteiger partial charge in [-0.25, -0.2) is 13.6 Å². The minimum atomic E-state index is -0.766. The third-order valence-electron chi connectivity index (χ3n) is 10.7. The van der Waals surface area contributed by atoms with Crippen LogP contribution in [-0.4, -0.2) is 69.4 Å². The van der Waals surface area contributed by atoms with E-state index in [2.05, 4.69) is 10.1 Å². The number of rotatable bonds is 13. The van der Waals surface area contributed by atoms with Crippen LogP contribution in [0.3, 0.4) is 0 Å². The highest BCUT2D eigenvalue weighted by atomic mass is 35.5. The first-order valence-electron chi connectivity index (χ1n) is 19.1. The number of fused-ring (bicyclic) bond motifs is 2. The highest BCUT2D eigenvalue weighted by Crippen LogP contribution is 2.49. The quantitative estimate of drug-likeness (QED) is 0.0972. The monoisotopic (exact) mass is 810 g/mol. The number of piperidine rings is 1. The summed E-state index contributed by atoms with van der Waals surface area (Å²) in [5.41, 5.74) is 1.89. The molecule has 14 heteroatoms. The van der Waals surface area contributed by atoms with Crippen molar-refractivity contribution in [2.45, 2.75) is 109 Å². The first-order chi connectivity index (χ1) is 26.8. The van der Waals surface area contributed by atoms with Crippen LogP contribution in [0.25, 0.3) is 11.3 Å². The van der Waals surface area contributed by atoms with Crippen LogP contribution in [-0.2, 0) is 33.8 Å². The van der Waals surface area contributed by atoms with Crippen molar-refractivity contribution in [2.24, 2.45) is 5.92 Å². The number of halogens is 4. The van der Waals surface area contributed by atoms with E-state index in [4.69, 9.17) is 41.9 Å². The molecule has 0 spiro atoms. The molecule has 7 rings (SSSR count). The number of amides is 2. The Morgan fingerprint density at radius 3 is 2.48 bits per heavy atom. The number of aromatic nitrogens is 2. The largest absolute Gasteiger partial charge is 0.486 e. The Balaban J connectivity index is 1.13. The van der Waals surface area contributed by atoms with E-state index in [0.29, 0.717) is 36.8 Å². The summed E-state index contributed by atoms with van der Waals surface area (Å²) >= 11 is 12.7. The minimum Gasteiger partial charge on any atom is -0.486 e. The van der Waals surface area contributed by atoms with Gasteiger partial charge in [-0.2, -0.15) is 0 Å². The molecule has 4 atom stereocenters. The Bertz CT molecular complexity index is 2050. The van der Waals surface area contributed by atoms with E-state index in [1.54, 1.807) is 13.3 Å². The van der Waals surface area contributed by atoms with E-state index in [1.807, 2.05) is 60.9 Å². The summed E-state index contributed by atoms with van der Waals surface area (Å²) in [6.45, 7) is 6.50. The number of carbonyl (C=O) groups is 2. The van der Waals surface area contributed by atoms with Crippen molar-refractivity contribution in [1.82, 2.24) is 19.9 Å². The molecule has 56 heavy (non-hydrogen) atoms. The first-order valence-corrected chi connectivity index (χ1v) is 19.8. The molecule has 4 aromatic rings. The second kappa shape index (κ2) is 16.7. The lowest BCUT2D eigenvalue weighted by Gasteiger charge is -2.45. The molecule has 0 radical (unpaired) electrons. The summed E-state index contributed by atoms with van der Waals surface area (Å²) in [4.78, 5) is 37.1. The number of hydrogen-bond acceptors (Lipinski definition) is 8. The molecule has 1 saturated carbocycles. The first kappa shape index (κ1) is 40.0. The molecule has 3 fully saturated rings. The lowest BCUT2D eigenvalue weighted by molar-refractivity contribution is -0.141. The zero-order valence-electron chi connectivity index (χ0n) is 31.9. The van der Waals surface area contributed by atoms with Gasteiger partial charge in [-0.15, -0.1) is 0 Å². The van der Waals surface area contributed by atoms with Gasteiger partial charge in [0.25, 0.3) is 0 Å². The second-order valence-corrected chi connectivity index (χ2v) is 16.7. The maximum Gasteiger partial charge on any atom is 0.410 e. The van der Waals surface area contributed by atoms with E-state index in [-0.39, 0.29) is 64.7 Å². The molecule has 2 amide bonds. The zero-order chi connectivity index (χ0) is 39.7. The maximum atomic E-state index is 15.1. The lowest BCUT2D eigenvalue weighted by atomic mass is 9.75. The van der Waals surface area contributed by atoms with Gasteiger partial charge in [0.1, 0.15) is 35.3 Å². The van der Waals surface area contributed by atoms with Crippen molar-refractivity contribution >= 4 is 35.2 Å². The van der Waals surface area contributed by atoms with Crippen LogP contribution in [0.4, 0.5) is 13.6 Å². The Morgan fingerprint density at radius 2 is 1.77 bits per heavy atom. The summed E-state index contributed by atoms with van der Waals surface area (Å²) in [5.74, 6) is -1.35. The topological polar surface area (TPSA) is 107 Å². The molecule has 4 heterocycles. The van der Waals surface area contributed by atoms with Gasteiger partial charge in [0.15, 0.2) is 5.76 Å². The standard InChI is InChI=1S/C42H46Cl2F2N4O6/c1-42(2,3)55-41(52)50-28-11-16-36(50)37(40(51)49(27-9-10-27)22-25-18-26(6-5-17-53-4)47-21-32(25)43)31(19-28)24-7-12-29(13-8-24)54-23-30-20-35(48-56-30)38-33(45)14-15-34(46)39(38)44/h7-8,12-15,18,20-21,27-28,31,36-37H,5-6,9-11,16-17,19,22-23H2,1-4H3. The van der Waals surface area contributed by atoms with Crippen molar-refractivity contribution in [2.75, 3.05) is 13.7 Å². The number of carbonyl (C=O) groups excluding carboxylic acids is 2. The molecule has 2 aliphatic heterocycles. The van der Waals surface area contributed by atoms with Crippen molar-refractivity contribution in [3.8, 4) is 17.0 Å². The number of methoxy groups -OCH3 is 1. The van der Waals surface area contributed by atoms with Crippen LogP contribution in [0.5, 0.6) is 5.75 Å². The number of benzene rings is 2. The van der Waals surface area contributed by atoms with Gasteiger partial charge in [-0.1, -0.05) is 40.5 Å². The van der Waals surface area contributed by atoms with Crippen LogP contribution < -0.4 is 4.74 Å². The van der Waals surface area contributed by atoms with Crippen LogP contribution in [0.1, 0.15) is 87.8 Å². The molecule has 2 aromatic heterocycles. The molecule has 298 valence electrons. The summed E-state index contributed by atoms with van der Waals surface area (Å²) in [6.07, 6.45) is 6.70. The highest BCUT2D eigenvalue weighted by molar-refractivity contribution is 6.33. The van der Waals surface area contributed by atoms with Crippen molar-refractivity contribution < 1.29 is 37.1 Å². The van der Waals surface area contributed by atoms with Gasteiger partial charge in [-0.3, -0.25) is 9.78 Å². The number of nitrogens with zero attached hydrogens (tertiary/aromatic N) is 4. The van der Waals surface area contributed by atoms with Gasteiger partial charge in [0.2, 0.25) is 5.91 Å². The normalized spacial score (nSPS) is 20.6. The molecule has 10 nitrogen and oxygen atoms in total. The molecule has 2 bridgehead atoms. The SMILES string of the molecule is COCCCc1cc(CN(C(=O)C2C(c3ccc(OCc4cc(-c5c(F)ccc(F)c5Cl)no4)cc3)CC3CCC2N3C(=O)OC(C)(C)C)C2CC2)c(Cl)cn1. The average Bonchev–Trinajstić information content (AvgIpc) is 3.81. The van der Waals surface area contributed by atoms with Gasteiger partial charge in [0, 0.05) is 56.3 Å². The number of pyridine rings is 1. The van der Waals surface area contributed by atoms with Crippen molar-refractivity contribution in [3.05, 3.63) is 99.0 Å². The molecule has 2 saturated heterocycles. The van der Waals surface area contributed by atoms with E-state index in [9.17, 15) is 13.6 Å². The van der Waals surface area contributed by atoms with Gasteiger partial charge < -0.3 is 28.5 Å². The lowest BCUT2D eigenvalue weighted by Crippen LogP contribution is -2.56. The smallest absolute Gasteiger partial charge is 0.410 e. The molecule has 1 aliphatic carbocycles. The fraction of sp³-hybridized carbons (Fsp3) is 0.476. The van der Waals surface area contributed by atoms with Crippen LogP contribution >= 0.6 is 23.2 Å². The number of hydrogen-bond donors (Lipinski definition) is 0. The van der Waals surface area contributed by atoms with Gasteiger partial charge >= 0.3 is 6.09 Å². The number of ether oxygens (including phenoxy) is 3. The Kier molecular flexibility index (Phi) is 11.9. The molecule has 2 aromatic carbocycles. The van der Waals surface area contributed by atoms with Gasteiger partial charge in [-0.05, 0) is 113 Å². The summed E-state index contributed by atoms with van der Waals surface area (Å²) in [7, 11) is 1.67. The maximum absolute atomic E-state index is 15.1. The third kappa shape index (κ3) is 8.82. The van der Waals surface area contributed by atoms with Crippen LogP contribution in [0.15, 0.2) is 59.3 Å². The predicted octanol–water partition coefficient (Wildman–Crippen LogP) is 9.54. The van der Waals surface area contributed by atoms with E-state index in [1.165, 1.54) is 6.07 Å². The Labute approximate surface area is 335 Å². The summed E-state index contributed by atoms with van der Waals surface area (Å²) in [6, 6.07) is 12.6. The summed E-state index contributed by atoms with van der Waals surface area (Å²) < 4.78 is 50.9. The summed E-state index contributed by atoms with van der Waals surface area (Å²) in [5, 5.41) is 4.00.